The molecule has 0 radical (unpaired) electrons. The number of hydrogen-bond donors (Lipinski definition) is 0. The summed E-state index contributed by atoms with van der Waals surface area (Å²) in [5.74, 6) is 2.56. The first-order valence-electron chi connectivity index (χ1n) is 11.6. The normalized spacial score (nSPS) is 23.2. The lowest BCUT2D eigenvalue weighted by atomic mass is 9.86. The third kappa shape index (κ3) is 4.22. The average molecular weight is 469 g/mol. The predicted octanol–water partition coefficient (Wildman–Crippen LogP) is 3.04. The number of rotatable bonds is 6. The lowest BCUT2D eigenvalue weighted by molar-refractivity contribution is -0.0195. The summed E-state index contributed by atoms with van der Waals surface area (Å²) < 4.78 is 17.4. The maximum atomic E-state index is 6.31. The average Bonchev–Trinajstić information content (AvgIpc) is 3.58. The zero-order chi connectivity index (χ0) is 22.3. The fraction of sp³-hybridized carbons (Fsp3) is 0.565. The van der Waals surface area contributed by atoms with Gasteiger partial charge in [0.1, 0.15) is 16.9 Å². The van der Waals surface area contributed by atoms with E-state index in [-0.39, 0.29) is 5.60 Å². The van der Waals surface area contributed by atoms with E-state index in [1.807, 2.05) is 12.1 Å². The highest BCUT2D eigenvalue weighted by atomic mass is 32.1. The van der Waals surface area contributed by atoms with Crippen molar-refractivity contribution < 1.29 is 14.0 Å². The number of ether oxygens (including phenoxy) is 2. The third-order valence-corrected chi connectivity index (χ3v) is 7.85. The summed E-state index contributed by atoms with van der Waals surface area (Å²) in [6.45, 7) is 6.98. The topological polar surface area (TPSA) is 89.6 Å². The molecule has 3 aromatic rings. The summed E-state index contributed by atoms with van der Waals surface area (Å²) in [7, 11) is 0. The van der Waals surface area contributed by atoms with Crippen molar-refractivity contribution in [3.8, 4) is 5.75 Å². The number of piperidine rings is 1. The first-order valence-corrected chi connectivity index (χ1v) is 12.5. The maximum absolute atomic E-state index is 6.31. The van der Waals surface area contributed by atoms with Crippen LogP contribution in [0.15, 0.2) is 34.3 Å². The molecule has 3 saturated heterocycles. The summed E-state index contributed by atoms with van der Waals surface area (Å²) in [5, 5.41) is 13.1. The molecule has 174 valence electrons. The lowest BCUT2D eigenvalue weighted by Gasteiger charge is -2.47. The van der Waals surface area contributed by atoms with Crippen molar-refractivity contribution in [1.29, 1.82) is 0 Å². The number of hydrogen-bond acceptors (Lipinski definition) is 10. The van der Waals surface area contributed by atoms with Gasteiger partial charge in [0, 0.05) is 13.0 Å². The summed E-state index contributed by atoms with van der Waals surface area (Å²) in [4.78, 5) is 9.14. The van der Waals surface area contributed by atoms with Gasteiger partial charge in [-0.15, -0.1) is 10.2 Å². The Hall–Kier alpha value is -2.56. The van der Waals surface area contributed by atoms with E-state index in [0.29, 0.717) is 30.3 Å². The Morgan fingerprint density at radius 2 is 2.06 bits per heavy atom. The molecule has 5 heterocycles. The van der Waals surface area contributed by atoms with Crippen LogP contribution in [0.2, 0.25) is 0 Å². The monoisotopic (exact) mass is 468 g/mol. The van der Waals surface area contributed by atoms with Crippen LogP contribution >= 0.6 is 11.3 Å². The van der Waals surface area contributed by atoms with Crippen molar-refractivity contribution in [2.24, 2.45) is 0 Å². The second-order valence-corrected chi connectivity index (χ2v) is 10.1. The minimum Gasteiger partial charge on any atom is -0.485 e. The van der Waals surface area contributed by atoms with Gasteiger partial charge in [0.05, 0.1) is 19.7 Å². The van der Waals surface area contributed by atoms with Gasteiger partial charge in [0.25, 0.3) is 0 Å². The smallest absolute Gasteiger partial charge is 0.223 e. The van der Waals surface area contributed by atoms with Crippen LogP contribution in [0.4, 0.5) is 5.13 Å². The van der Waals surface area contributed by atoms with Gasteiger partial charge in [-0.25, -0.2) is 0 Å². The van der Waals surface area contributed by atoms with Gasteiger partial charge in [-0.2, -0.15) is 4.98 Å². The van der Waals surface area contributed by atoms with E-state index in [9.17, 15) is 0 Å². The van der Waals surface area contributed by atoms with Crippen LogP contribution in [0.3, 0.4) is 0 Å². The Balaban J connectivity index is 1.03. The first kappa shape index (κ1) is 21.0. The number of likely N-dealkylation sites (tertiary alicyclic amines) is 1. The van der Waals surface area contributed by atoms with Gasteiger partial charge in [-0.05, 0) is 49.9 Å². The fourth-order valence-electron chi connectivity index (χ4n) is 5.43. The van der Waals surface area contributed by atoms with Crippen molar-refractivity contribution in [3.63, 3.8) is 0 Å². The fourth-order valence-corrected chi connectivity index (χ4v) is 5.99. The Bertz CT molecular complexity index is 1080. The largest absolute Gasteiger partial charge is 0.485 e. The zero-order valence-corrected chi connectivity index (χ0v) is 19.5. The van der Waals surface area contributed by atoms with E-state index < -0.39 is 0 Å². The van der Waals surface area contributed by atoms with Crippen molar-refractivity contribution in [3.05, 3.63) is 47.1 Å². The van der Waals surface area contributed by atoms with Gasteiger partial charge in [-0.1, -0.05) is 34.7 Å². The van der Waals surface area contributed by atoms with Gasteiger partial charge < -0.3 is 18.9 Å². The highest BCUT2D eigenvalue weighted by Crippen LogP contribution is 2.41. The van der Waals surface area contributed by atoms with Crippen LogP contribution in [-0.4, -0.2) is 69.7 Å². The van der Waals surface area contributed by atoms with Crippen molar-refractivity contribution >= 4 is 16.5 Å². The van der Waals surface area contributed by atoms with E-state index in [0.717, 1.165) is 62.9 Å². The van der Waals surface area contributed by atoms with Gasteiger partial charge in [0.15, 0.2) is 6.61 Å². The lowest BCUT2D eigenvalue weighted by Crippen LogP contribution is -2.62. The van der Waals surface area contributed by atoms with Crippen molar-refractivity contribution in [1.82, 2.24) is 25.2 Å². The number of benzene rings is 1. The van der Waals surface area contributed by atoms with Gasteiger partial charge in [0.2, 0.25) is 16.8 Å². The van der Waals surface area contributed by atoms with E-state index in [1.165, 1.54) is 5.56 Å². The second kappa shape index (κ2) is 8.66. The van der Waals surface area contributed by atoms with E-state index >= 15 is 0 Å². The van der Waals surface area contributed by atoms with Gasteiger partial charge >= 0.3 is 0 Å². The quantitative estimate of drug-likeness (QED) is 0.541. The Labute approximate surface area is 196 Å². The molecule has 2 aromatic heterocycles. The van der Waals surface area contributed by atoms with Crippen molar-refractivity contribution in [2.45, 2.75) is 50.4 Å². The summed E-state index contributed by atoms with van der Waals surface area (Å²) in [5.41, 5.74) is 3.07. The minimum absolute atomic E-state index is 0.00113. The number of aryl methyl sites for hydroxylation is 1. The standard InChI is InChI=1S/C23H28N6O3S/c1-16-25-21(27-32-16)12-30-20-5-3-2-4-19(20)17-6-8-28(9-7-17)18-10-23(31-11-18)13-29(14-23)22-26-24-15-33-22/h2-5,15,17-18H,6-14H2,1H3. The number of para-hydroxylation sites is 1. The third-order valence-electron chi connectivity index (χ3n) is 7.10. The minimum atomic E-state index is 0.00113. The van der Waals surface area contributed by atoms with E-state index in [1.54, 1.807) is 23.8 Å². The van der Waals surface area contributed by atoms with Crippen LogP contribution in [0.1, 0.15) is 42.5 Å². The second-order valence-electron chi connectivity index (χ2n) is 9.30. The summed E-state index contributed by atoms with van der Waals surface area (Å²) in [6.07, 6.45) is 3.36. The zero-order valence-electron chi connectivity index (χ0n) is 18.7. The Morgan fingerprint density at radius 1 is 1.21 bits per heavy atom. The molecule has 3 aliphatic heterocycles. The molecule has 1 aromatic carbocycles. The molecule has 0 N–H and O–H groups in total. The number of aromatic nitrogens is 4. The predicted molar refractivity (Wildman–Crippen MR) is 123 cm³/mol. The number of anilines is 1. The molecule has 0 saturated carbocycles. The van der Waals surface area contributed by atoms with Crippen LogP contribution in [0, 0.1) is 6.92 Å². The molecule has 0 bridgehead atoms. The summed E-state index contributed by atoms with van der Waals surface area (Å²) >= 11 is 1.60. The molecule has 10 heteroatoms. The SMILES string of the molecule is Cc1nc(COc2ccccc2C2CCN(C3COC4(C3)CN(c3nncs3)C4)CC2)no1. The molecule has 6 rings (SSSR count). The Kier molecular flexibility index (Phi) is 5.51. The highest BCUT2D eigenvalue weighted by Gasteiger charge is 2.51. The maximum Gasteiger partial charge on any atom is 0.223 e. The number of nitrogens with zero attached hydrogens (tertiary/aromatic N) is 6. The molecule has 33 heavy (non-hydrogen) atoms. The molecule has 9 nitrogen and oxygen atoms in total. The Morgan fingerprint density at radius 3 is 2.82 bits per heavy atom. The van der Waals surface area contributed by atoms with Crippen LogP contribution in [-0.2, 0) is 11.3 Å². The molecular formula is C23H28N6O3S. The van der Waals surface area contributed by atoms with E-state index in [2.05, 4.69) is 42.3 Å². The van der Waals surface area contributed by atoms with E-state index in [4.69, 9.17) is 14.0 Å². The van der Waals surface area contributed by atoms with Crippen molar-refractivity contribution in [2.75, 3.05) is 37.7 Å². The van der Waals surface area contributed by atoms with Crippen LogP contribution in [0.5, 0.6) is 5.75 Å². The molecule has 3 fully saturated rings. The molecule has 0 amide bonds. The summed E-state index contributed by atoms with van der Waals surface area (Å²) in [6, 6.07) is 8.87. The molecule has 0 aliphatic carbocycles. The molecular weight excluding hydrogens is 440 g/mol. The molecule has 1 spiro atoms. The molecule has 1 unspecified atom stereocenters. The first-order chi connectivity index (χ1) is 16.2. The van der Waals surface area contributed by atoms with Gasteiger partial charge in [-0.3, -0.25) is 4.90 Å². The molecule has 3 aliphatic rings. The van der Waals surface area contributed by atoms with Crippen LogP contribution in [0.25, 0.3) is 0 Å². The van der Waals surface area contributed by atoms with Crippen LogP contribution < -0.4 is 9.64 Å². The molecule has 1 atom stereocenters. The highest BCUT2D eigenvalue weighted by molar-refractivity contribution is 7.13.